The van der Waals surface area contributed by atoms with E-state index >= 15 is 0 Å². The van der Waals surface area contributed by atoms with Crippen LogP contribution in [0.4, 0.5) is 0 Å². The summed E-state index contributed by atoms with van der Waals surface area (Å²) in [6.07, 6.45) is 4.22. The Balaban J connectivity index is 0.000000248. The van der Waals surface area contributed by atoms with Gasteiger partial charge in [-0.1, -0.05) is 218 Å². The van der Waals surface area contributed by atoms with E-state index < -0.39 is 43.6 Å². The van der Waals surface area contributed by atoms with Crippen LogP contribution in [0, 0.1) is 6.07 Å². The molecule has 0 aliphatic rings. The van der Waals surface area contributed by atoms with Gasteiger partial charge in [-0.25, -0.2) is 0 Å². The predicted octanol–water partition coefficient (Wildman–Crippen LogP) is 10.6. The van der Waals surface area contributed by atoms with Crippen LogP contribution in [0.15, 0.2) is 285 Å². The molecule has 0 radical (unpaired) electrons. The molecule has 0 aliphatic carbocycles. The first kappa shape index (κ1) is 67.8. The van der Waals surface area contributed by atoms with Crippen LogP contribution in [-0.4, -0.2) is 0 Å². The van der Waals surface area contributed by atoms with Crippen LogP contribution in [0.1, 0.15) is 22.3 Å². The van der Waals surface area contributed by atoms with E-state index in [4.69, 9.17) is 37.7 Å². The molecule has 386 valence electrons. The molecule has 0 unspecified atom stereocenters. The van der Waals surface area contributed by atoms with Gasteiger partial charge in [0.05, 0.1) is 49.4 Å². The van der Waals surface area contributed by atoms with E-state index in [1.807, 2.05) is 0 Å². The maximum Gasteiger partial charge on any atom is 1.00 e. The molecule has 10 aromatic rings. The molecule has 10 aromatic carbocycles. The zero-order valence-corrected chi connectivity index (χ0v) is 61.2. The van der Waals surface area contributed by atoms with Crippen LogP contribution in [0.3, 0.4) is 0 Å². The first-order valence-corrected chi connectivity index (χ1v) is 44.6. The Hall–Kier alpha value is 0.0194. The summed E-state index contributed by atoms with van der Waals surface area (Å²) in [6, 6.07) is 108. The molecule has 0 fully saturated rings. The number of benzene rings is 10. The topological polar surface area (TPSA) is 0 Å². The Labute approximate surface area is 582 Å². The van der Waals surface area contributed by atoms with Crippen molar-refractivity contribution in [1.29, 1.82) is 0 Å². The Morgan fingerprint density at radius 2 is 0.545 bits per heavy atom. The number of rotatable bonds is 16. The maximum atomic E-state index is 5.01. The first-order chi connectivity index (χ1) is 36.7. The fourth-order valence-electron chi connectivity index (χ4n) is 8.74. The summed E-state index contributed by atoms with van der Waals surface area (Å²) < 4.78 is 0. The molecular weight excluding hydrogens is 1540 g/mol. The van der Waals surface area contributed by atoms with Crippen molar-refractivity contribution < 1.29 is 133 Å². The van der Waals surface area contributed by atoms with Gasteiger partial charge in [0.15, 0.2) is 0 Å². The molecule has 0 saturated carbocycles. The van der Waals surface area contributed by atoms with E-state index in [9.17, 15) is 0 Å². The van der Waals surface area contributed by atoms with Gasteiger partial charge in [0.25, 0.3) is 0 Å². The number of halogens is 5. The van der Waals surface area contributed by atoms with Gasteiger partial charge in [-0.05, 0) is 96.7 Å². The molecule has 0 heterocycles. The molecule has 10 rings (SSSR count). The van der Waals surface area contributed by atoms with Gasteiger partial charge in [0.1, 0.15) is 0 Å². The van der Waals surface area contributed by atoms with Gasteiger partial charge in [0.2, 0.25) is 0 Å². The normalized spacial score (nSPS) is 10.9. The number of hydrogen-bond donors (Lipinski definition) is 0. The van der Waals surface area contributed by atoms with Gasteiger partial charge in [-0.3, -0.25) is 0 Å². The van der Waals surface area contributed by atoms with Crippen LogP contribution in [0.5, 0.6) is 0 Å². The summed E-state index contributed by atoms with van der Waals surface area (Å²) in [4.78, 5) is 0. The molecule has 0 saturated heterocycles. The molecule has 0 aliphatic heterocycles. The van der Waals surface area contributed by atoms with Crippen molar-refractivity contribution in [2.24, 2.45) is 0 Å². The third-order valence-electron chi connectivity index (χ3n) is 12.1. The smallest absolute Gasteiger partial charge is 0.172 e. The zero-order valence-electron chi connectivity index (χ0n) is 42.9. The van der Waals surface area contributed by atoms with Gasteiger partial charge >= 0.3 is 181 Å². The van der Waals surface area contributed by atoms with Crippen molar-refractivity contribution in [1.82, 2.24) is 0 Å². The molecule has 0 N–H and O–H groups in total. The maximum absolute atomic E-state index is 5.01. The molecule has 0 nitrogen and oxygen atoms in total. The molecule has 0 spiro atoms. The van der Waals surface area contributed by atoms with Crippen molar-refractivity contribution in [3.63, 3.8) is 0 Å². The van der Waals surface area contributed by atoms with Crippen LogP contribution < -0.4 is 145 Å². The quantitative estimate of drug-likeness (QED) is 0.0514. The predicted molar refractivity (Wildman–Crippen MR) is 335 cm³/mol. The van der Waals surface area contributed by atoms with Crippen LogP contribution >= 0.6 is 78.8 Å². The molecule has 13 heteroatoms. The second kappa shape index (κ2) is 38.1. The molecule has 0 bridgehead atoms. The second-order valence-corrected chi connectivity index (χ2v) is 46.1. The first-order valence-electron chi connectivity index (χ1n) is 24.1. The summed E-state index contributed by atoms with van der Waals surface area (Å²) in [6.45, 7) is 0. The minimum atomic E-state index is -3.06. The van der Waals surface area contributed by atoms with E-state index in [-0.39, 0.29) is 103 Å². The average molecular weight is 1600 g/mol. The summed E-state index contributed by atoms with van der Waals surface area (Å²) >= 11 is -1.44. The summed E-state index contributed by atoms with van der Waals surface area (Å²) in [5, 5.41) is 11.6. The van der Waals surface area contributed by atoms with E-state index in [1.165, 1.54) is 64.7 Å². The van der Waals surface area contributed by atoms with Crippen LogP contribution in [0.2, 0.25) is 0 Å². The molecule has 0 aromatic heterocycles. The minimum Gasteiger partial charge on any atom is -0.172 e. The fraction of sp³-hybridized carbons (Fsp3) is 0.0625. The zero-order chi connectivity index (χ0) is 52.5. The van der Waals surface area contributed by atoms with Gasteiger partial charge < -0.3 is 0 Å². The van der Waals surface area contributed by atoms with Crippen molar-refractivity contribution >= 4 is 121 Å². The molecule has 77 heavy (non-hydrogen) atoms. The van der Waals surface area contributed by atoms with Crippen molar-refractivity contribution in [2.45, 2.75) is 24.6 Å². The van der Waals surface area contributed by atoms with Crippen LogP contribution in [-0.2, 0) is 55.3 Å². The number of hydrogen-bond acceptors (Lipinski definition) is 0. The van der Waals surface area contributed by atoms with Crippen molar-refractivity contribution in [3.8, 4) is 0 Å². The van der Waals surface area contributed by atoms with Gasteiger partial charge in [-0.15, -0.1) is 11.1 Å². The average Bonchev–Trinajstić information content (AvgIpc) is 3.48. The van der Waals surface area contributed by atoms with Crippen molar-refractivity contribution in [2.75, 3.05) is 0 Å². The second-order valence-electron chi connectivity index (χ2n) is 17.1. The van der Waals surface area contributed by atoms with E-state index in [1.54, 1.807) is 18.8 Å². The molecule has 0 amide bonds. The molecule has 0 atom stereocenters. The Morgan fingerprint density at radius 1 is 0.325 bits per heavy atom. The third kappa shape index (κ3) is 23.9. The van der Waals surface area contributed by atoms with E-state index in [0.717, 1.165) is 24.6 Å². The van der Waals surface area contributed by atoms with E-state index in [0.29, 0.717) is 0 Å². The van der Waals surface area contributed by atoms with E-state index in [2.05, 4.69) is 301 Å². The Bertz CT molecular complexity index is 2570. The SMILES string of the molecule is [Cl][Pt+].[Cl][Pt]([Cl])([Cl])[Cl].[K+].[K+].[c-]1c(C[PH+](c2ccccc2)c2ccccc2)cccc1C[PH+](c1ccccc1)c1ccccc1.c1ccc(P(Cc2cccc(CP(c3ccccc3)c3ccccc3)c2)c2ccccc2)cc1. The largest absolute Gasteiger partial charge is 1.00 e. The van der Waals surface area contributed by atoms with Crippen LogP contribution in [0.25, 0.3) is 0 Å². The van der Waals surface area contributed by atoms with Crippen molar-refractivity contribution in [3.05, 3.63) is 313 Å². The summed E-state index contributed by atoms with van der Waals surface area (Å²) in [7, 11) is 21.9. The third-order valence-corrected chi connectivity index (χ3v) is 22.7. The van der Waals surface area contributed by atoms with Gasteiger partial charge in [-0.2, -0.15) is 24.3 Å². The Morgan fingerprint density at radius 3 is 0.792 bits per heavy atom. The summed E-state index contributed by atoms with van der Waals surface area (Å²) in [5.41, 5.74) is 5.49. The standard InChI is InChI=1S/C32H28P2.C32H27P2.5ClH.2K.2Pt/c2*1-5-16-29(17-6-1)33(30-18-7-2-8-19-30)25-27-14-13-15-28(24-27)26-34(31-20-9-3-10-21-31)32-22-11-4-12-23-32;;;;;;;;;/h1-24H,25-26H2;1-23H,25-26H2;5*1H;;;;/q;-1;;;;;;2*+1;+2;+4/p-3. The Kier molecular flexibility index (Phi) is 33.5. The summed E-state index contributed by atoms with van der Waals surface area (Å²) in [5.74, 6) is 0. The molecular formula is C64H57Cl5K2P4Pt2+4. The minimum absolute atomic E-state index is 0. The fourth-order valence-corrected chi connectivity index (χ4v) is 18.4. The van der Waals surface area contributed by atoms with Gasteiger partial charge in [0, 0.05) is 12.3 Å². The monoisotopic (exact) mass is 1590 g/mol.